The van der Waals surface area contributed by atoms with Gasteiger partial charge in [-0.25, -0.2) is 0 Å². The van der Waals surface area contributed by atoms with Crippen LogP contribution in [0, 0.1) is 5.92 Å². The molecule has 2 nitrogen and oxygen atoms in total. The van der Waals surface area contributed by atoms with Gasteiger partial charge in [0.1, 0.15) is 6.23 Å². The minimum Gasteiger partial charge on any atom is -0.354 e. The van der Waals surface area contributed by atoms with Gasteiger partial charge in [-0.2, -0.15) is 0 Å². The lowest BCUT2D eigenvalue weighted by atomic mass is 9.64. The fourth-order valence-electron chi connectivity index (χ4n) is 3.90. The molecule has 1 aliphatic carbocycles. The second-order valence-electron chi connectivity index (χ2n) is 5.92. The maximum absolute atomic E-state index is 6.55. The maximum atomic E-state index is 6.55. The first-order chi connectivity index (χ1) is 10.8. The van der Waals surface area contributed by atoms with E-state index in [4.69, 9.17) is 10.5 Å². The second-order valence-corrected chi connectivity index (χ2v) is 5.92. The third-order valence-electron chi connectivity index (χ3n) is 4.87. The number of ether oxygens (including phenoxy) is 1. The van der Waals surface area contributed by atoms with Crippen molar-refractivity contribution in [3.63, 3.8) is 0 Å². The van der Waals surface area contributed by atoms with Crippen molar-refractivity contribution in [1.82, 2.24) is 0 Å². The van der Waals surface area contributed by atoms with Crippen LogP contribution in [-0.4, -0.2) is 12.3 Å². The molecule has 1 aliphatic heterocycles. The van der Waals surface area contributed by atoms with Crippen LogP contribution in [0.1, 0.15) is 11.1 Å². The van der Waals surface area contributed by atoms with Crippen molar-refractivity contribution in [3.05, 3.63) is 96.1 Å². The van der Waals surface area contributed by atoms with Crippen LogP contribution < -0.4 is 5.73 Å². The Kier molecular flexibility index (Phi) is 3.21. The predicted molar refractivity (Wildman–Crippen MR) is 88.3 cm³/mol. The first-order valence-electron chi connectivity index (χ1n) is 7.70. The van der Waals surface area contributed by atoms with Crippen LogP contribution in [0.2, 0.25) is 0 Å². The standard InChI is InChI=1S/C20H19NO/c21-19-20(15-9-3-1-4-10-15,16-11-5-2-6-12-16)17-13-7-8-14-18(17)22-19/h1-14,17-19H,21H2. The molecule has 110 valence electrons. The molecule has 0 radical (unpaired) electrons. The van der Waals surface area contributed by atoms with E-state index in [2.05, 4.69) is 66.8 Å². The third-order valence-corrected chi connectivity index (χ3v) is 4.87. The lowest BCUT2D eigenvalue weighted by Crippen LogP contribution is -2.46. The number of benzene rings is 2. The first kappa shape index (κ1) is 13.5. The number of hydrogen-bond acceptors (Lipinski definition) is 2. The minimum absolute atomic E-state index is 0.0282. The molecule has 1 fully saturated rings. The Morgan fingerprint density at radius 3 is 1.91 bits per heavy atom. The van der Waals surface area contributed by atoms with Crippen molar-refractivity contribution in [1.29, 1.82) is 0 Å². The second kappa shape index (κ2) is 5.24. The van der Waals surface area contributed by atoms with E-state index in [0.29, 0.717) is 0 Å². The average Bonchev–Trinajstić information content (AvgIpc) is 2.89. The molecule has 22 heavy (non-hydrogen) atoms. The van der Waals surface area contributed by atoms with Gasteiger partial charge in [0, 0.05) is 5.92 Å². The molecule has 4 rings (SSSR count). The number of hydrogen-bond donors (Lipinski definition) is 1. The van der Waals surface area contributed by atoms with Crippen LogP contribution in [0.15, 0.2) is 85.0 Å². The molecule has 3 unspecified atom stereocenters. The Morgan fingerprint density at radius 2 is 1.32 bits per heavy atom. The summed E-state index contributed by atoms with van der Waals surface area (Å²) in [5, 5.41) is 0. The van der Waals surface area contributed by atoms with Crippen LogP contribution in [0.5, 0.6) is 0 Å². The summed E-state index contributed by atoms with van der Waals surface area (Å²) in [5.41, 5.74) is 8.61. The first-order valence-corrected chi connectivity index (χ1v) is 7.70. The highest BCUT2D eigenvalue weighted by Gasteiger charge is 2.55. The largest absolute Gasteiger partial charge is 0.354 e. The molecule has 0 bridgehead atoms. The highest BCUT2D eigenvalue weighted by Crippen LogP contribution is 2.50. The van der Waals surface area contributed by atoms with Gasteiger partial charge in [-0.3, -0.25) is 0 Å². The van der Waals surface area contributed by atoms with Crippen molar-refractivity contribution >= 4 is 0 Å². The molecule has 1 saturated heterocycles. The molecule has 0 saturated carbocycles. The molecule has 2 aromatic rings. The SMILES string of the molecule is NC1OC2C=CC=CC2C1(c1ccccc1)c1ccccc1. The van der Waals surface area contributed by atoms with Gasteiger partial charge in [0.05, 0.1) is 11.5 Å². The molecule has 2 N–H and O–H groups in total. The van der Waals surface area contributed by atoms with Gasteiger partial charge in [0.15, 0.2) is 0 Å². The summed E-state index contributed by atoms with van der Waals surface area (Å²) in [6.45, 7) is 0. The van der Waals surface area contributed by atoms with Gasteiger partial charge in [0.2, 0.25) is 0 Å². The van der Waals surface area contributed by atoms with Crippen molar-refractivity contribution in [3.8, 4) is 0 Å². The van der Waals surface area contributed by atoms with Crippen LogP contribution in [-0.2, 0) is 10.2 Å². The van der Waals surface area contributed by atoms with E-state index in [0.717, 1.165) is 0 Å². The van der Waals surface area contributed by atoms with Gasteiger partial charge in [0.25, 0.3) is 0 Å². The summed E-state index contributed by atoms with van der Waals surface area (Å²) >= 11 is 0. The number of nitrogens with two attached hydrogens (primary N) is 1. The average molecular weight is 289 g/mol. The molecule has 0 amide bonds. The van der Waals surface area contributed by atoms with Gasteiger partial charge in [-0.15, -0.1) is 0 Å². The number of allylic oxidation sites excluding steroid dienone is 2. The fraction of sp³-hybridized carbons (Fsp3) is 0.200. The summed E-state index contributed by atoms with van der Waals surface area (Å²) in [4.78, 5) is 0. The Labute approximate surface area is 130 Å². The van der Waals surface area contributed by atoms with E-state index in [1.54, 1.807) is 0 Å². The molecule has 3 atom stereocenters. The fourth-order valence-corrected chi connectivity index (χ4v) is 3.90. The zero-order valence-electron chi connectivity index (χ0n) is 12.3. The Balaban J connectivity index is 1.97. The zero-order chi connectivity index (χ0) is 15.0. The normalized spacial score (nSPS) is 28.5. The van der Waals surface area contributed by atoms with Gasteiger partial charge in [-0.1, -0.05) is 85.0 Å². The lowest BCUT2D eigenvalue weighted by Gasteiger charge is -2.38. The summed E-state index contributed by atoms with van der Waals surface area (Å²) < 4.78 is 6.13. The third kappa shape index (κ3) is 1.81. The molecule has 0 aromatic heterocycles. The molecular weight excluding hydrogens is 270 g/mol. The molecule has 2 heteroatoms. The van der Waals surface area contributed by atoms with Gasteiger partial charge < -0.3 is 10.5 Å². The van der Waals surface area contributed by atoms with E-state index in [9.17, 15) is 0 Å². The van der Waals surface area contributed by atoms with Crippen LogP contribution >= 0.6 is 0 Å². The van der Waals surface area contributed by atoms with E-state index >= 15 is 0 Å². The highest BCUT2D eigenvalue weighted by atomic mass is 16.5. The molecule has 2 aromatic carbocycles. The number of fused-ring (bicyclic) bond motifs is 1. The van der Waals surface area contributed by atoms with Crippen molar-refractivity contribution in [2.45, 2.75) is 17.7 Å². The molecular formula is C20H19NO. The number of rotatable bonds is 2. The van der Waals surface area contributed by atoms with E-state index < -0.39 is 0 Å². The highest BCUT2D eigenvalue weighted by molar-refractivity contribution is 5.46. The van der Waals surface area contributed by atoms with Gasteiger partial charge in [-0.05, 0) is 11.1 Å². The van der Waals surface area contributed by atoms with Crippen molar-refractivity contribution < 1.29 is 4.74 Å². The summed E-state index contributed by atoms with van der Waals surface area (Å²) in [6, 6.07) is 21.0. The zero-order valence-corrected chi connectivity index (χ0v) is 12.3. The Hall–Kier alpha value is -2.16. The lowest BCUT2D eigenvalue weighted by molar-refractivity contribution is 0.0580. The topological polar surface area (TPSA) is 35.2 Å². The van der Waals surface area contributed by atoms with E-state index in [-0.39, 0.29) is 23.7 Å². The summed E-state index contributed by atoms with van der Waals surface area (Å²) in [7, 11) is 0. The maximum Gasteiger partial charge on any atom is 0.121 e. The van der Waals surface area contributed by atoms with E-state index in [1.807, 2.05) is 18.2 Å². The molecule has 1 heterocycles. The Bertz CT molecular complexity index is 666. The van der Waals surface area contributed by atoms with E-state index in [1.165, 1.54) is 11.1 Å². The van der Waals surface area contributed by atoms with Crippen LogP contribution in [0.4, 0.5) is 0 Å². The molecule has 2 aliphatic rings. The van der Waals surface area contributed by atoms with Gasteiger partial charge >= 0.3 is 0 Å². The van der Waals surface area contributed by atoms with Crippen LogP contribution in [0.25, 0.3) is 0 Å². The summed E-state index contributed by atoms with van der Waals surface area (Å²) in [5.74, 6) is 0.206. The van der Waals surface area contributed by atoms with Crippen LogP contribution in [0.3, 0.4) is 0 Å². The monoisotopic (exact) mass is 289 g/mol. The Morgan fingerprint density at radius 1 is 0.773 bits per heavy atom. The minimum atomic E-state index is -0.375. The quantitative estimate of drug-likeness (QED) is 0.919. The van der Waals surface area contributed by atoms with Crippen molar-refractivity contribution in [2.24, 2.45) is 11.7 Å². The smallest absolute Gasteiger partial charge is 0.121 e. The molecule has 0 spiro atoms. The summed E-state index contributed by atoms with van der Waals surface area (Å²) in [6.07, 6.45) is 8.14. The predicted octanol–water partition coefficient (Wildman–Crippen LogP) is 3.40. The van der Waals surface area contributed by atoms with Crippen molar-refractivity contribution in [2.75, 3.05) is 0 Å².